The van der Waals surface area contributed by atoms with Gasteiger partial charge >= 0.3 is 6.18 Å². The van der Waals surface area contributed by atoms with Gasteiger partial charge in [-0.25, -0.2) is 0 Å². The molecule has 18 heavy (non-hydrogen) atoms. The first kappa shape index (κ1) is 12.9. The van der Waals surface area contributed by atoms with Crippen LogP contribution in [-0.2, 0) is 6.18 Å². The van der Waals surface area contributed by atoms with Gasteiger partial charge in [-0.1, -0.05) is 13.8 Å². The van der Waals surface area contributed by atoms with Gasteiger partial charge in [-0.15, -0.1) is 0 Å². The van der Waals surface area contributed by atoms with Crippen molar-refractivity contribution in [3.8, 4) is 5.75 Å². The topological polar surface area (TPSA) is 26.3 Å². The zero-order valence-corrected chi connectivity index (χ0v) is 10.1. The molecule has 0 fully saturated rings. The molecule has 0 saturated heterocycles. The van der Waals surface area contributed by atoms with Crippen molar-refractivity contribution in [1.82, 2.24) is 0 Å². The minimum absolute atomic E-state index is 0.0235. The molecule has 0 aromatic heterocycles. The second-order valence-electron chi connectivity index (χ2n) is 5.26. The lowest BCUT2D eigenvalue weighted by Gasteiger charge is -2.19. The Labute approximate surface area is 103 Å². The lowest BCUT2D eigenvalue weighted by molar-refractivity contribution is -0.137. The van der Waals surface area contributed by atoms with Crippen LogP contribution in [0.25, 0.3) is 0 Å². The van der Waals surface area contributed by atoms with Crippen LogP contribution >= 0.6 is 0 Å². The molecule has 2 nitrogen and oxygen atoms in total. The number of benzene rings is 1. The molecule has 1 aliphatic heterocycles. The maximum absolute atomic E-state index is 12.6. The number of carbonyl (C=O) groups is 1. The van der Waals surface area contributed by atoms with Crippen LogP contribution in [0.1, 0.15) is 36.2 Å². The van der Waals surface area contributed by atoms with E-state index in [0.717, 1.165) is 12.1 Å². The molecule has 0 spiro atoms. The molecule has 0 radical (unpaired) electrons. The maximum Gasteiger partial charge on any atom is 0.416 e. The minimum Gasteiger partial charge on any atom is -0.492 e. The summed E-state index contributed by atoms with van der Waals surface area (Å²) in [5.74, 6) is -0.0721. The van der Waals surface area contributed by atoms with Crippen molar-refractivity contribution in [2.24, 2.45) is 5.41 Å². The van der Waals surface area contributed by atoms with E-state index in [1.165, 1.54) is 6.07 Å². The maximum atomic E-state index is 12.6. The molecule has 5 heteroatoms. The molecule has 98 valence electrons. The van der Waals surface area contributed by atoms with Gasteiger partial charge in [0.15, 0.2) is 5.78 Å². The highest BCUT2D eigenvalue weighted by Gasteiger charge is 2.34. The molecule has 2 rings (SSSR count). The van der Waals surface area contributed by atoms with Crippen molar-refractivity contribution < 1.29 is 22.7 Å². The van der Waals surface area contributed by atoms with Gasteiger partial charge in [-0.2, -0.15) is 13.2 Å². The number of hydrogen-bond acceptors (Lipinski definition) is 2. The predicted octanol–water partition coefficient (Wildman–Crippen LogP) is 3.70. The van der Waals surface area contributed by atoms with E-state index < -0.39 is 11.7 Å². The van der Waals surface area contributed by atoms with Crippen molar-refractivity contribution in [3.63, 3.8) is 0 Å². The summed E-state index contributed by atoms with van der Waals surface area (Å²) in [4.78, 5) is 12.0. The number of alkyl halides is 3. The molecule has 0 unspecified atom stereocenters. The molecular formula is C13H13F3O2. The van der Waals surface area contributed by atoms with Gasteiger partial charge in [0.2, 0.25) is 0 Å². The summed E-state index contributed by atoms with van der Waals surface area (Å²) < 4.78 is 43.2. The van der Waals surface area contributed by atoms with E-state index >= 15 is 0 Å². The van der Waals surface area contributed by atoms with E-state index in [2.05, 4.69) is 0 Å². The Kier molecular flexibility index (Phi) is 2.87. The van der Waals surface area contributed by atoms with Gasteiger partial charge in [-0.3, -0.25) is 4.79 Å². The third-order valence-corrected chi connectivity index (χ3v) is 2.86. The highest BCUT2D eigenvalue weighted by atomic mass is 19.4. The highest BCUT2D eigenvalue weighted by Crippen LogP contribution is 2.36. The number of ether oxygens (including phenoxy) is 1. The summed E-state index contributed by atoms with van der Waals surface area (Å²) >= 11 is 0. The third-order valence-electron chi connectivity index (χ3n) is 2.86. The SMILES string of the molecule is CC1(C)COc2ccc(C(F)(F)F)cc2C(=O)C1. The number of halogens is 3. The Bertz CT molecular complexity index is 489. The number of Topliss-reactive ketones (excluding diaryl/α,β-unsaturated/α-hetero) is 1. The predicted molar refractivity (Wildman–Crippen MR) is 59.7 cm³/mol. The average Bonchev–Trinajstić information content (AvgIpc) is 2.34. The standard InChI is InChI=1S/C13H13F3O2/c1-12(2)6-10(17)9-5-8(13(14,15)16)3-4-11(9)18-7-12/h3-5H,6-7H2,1-2H3. The molecule has 1 heterocycles. The number of ketones is 1. The first-order valence-electron chi connectivity index (χ1n) is 5.56. The smallest absolute Gasteiger partial charge is 0.416 e. The number of fused-ring (bicyclic) bond motifs is 1. The van der Waals surface area contributed by atoms with Crippen molar-refractivity contribution in [2.45, 2.75) is 26.4 Å². The van der Waals surface area contributed by atoms with Crippen molar-refractivity contribution in [2.75, 3.05) is 6.61 Å². The monoisotopic (exact) mass is 258 g/mol. The lowest BCUT2D eigenvalue weighted by atomic mass is 9.87. The molecule has 0 aliphatic carbocycles. The van der Waals surface area contributed by atoms with Crippen molar-refractivity contribution >= 4 is 5.78 Å². The average molecular weight is 258 g/mol. The van der Waals surface area contributed by atoms with Gasteiger partial charge in [0, 0.05) is 11.8 Å². The molecule has 1 aliphatic rings. The Morgan fingerprint density at radius 2 is 1.94 bits per heavy atom. The normalized spacial score (nSPS) is 18.8. The summed E-state index contributed by atoms with van der Waals surface area (Å²) in [5, 5.41) is 0. The Morgan fingerprint density at radius 1 is 1.28 bits per heavy atom. The summed E-state index contributed by atoms with van der Waals surface area (Å²) in [6, 6.07) is 3.03. The molecule has 1 aromatic rings. The van der Waals surface area contributed by atoms with E-state index in [1.807, 2.05) is 13.8 Å². The summed E-state index contributed by atoms with van der Waals surface area (Å²) in [6.45, 7) is 4.01. The molecule has 0 saturated carbocycles. The van der Waals surface area contributed by atoms with E-state index in [4.69, 9.17) is 4.74 Å². The van der Waals surface area contributed by atoms with Crippen LogP contribution in [0, 0.1) is 5.41 Å². The number of carbonyl (C=O) groups excluding carboxylic acids is 1. The van der Waals surface area contributed by atoms with Crippen LogP contribution < -0.4 is 4.74 Å². The van der Waals surface area contributed by atoms with E-state index in [-0.39, 0.29) is 28.9 Å². The first-order valence-corrected chi connectivity index (χ1v) is 5.56. The second kappa shape index (κ2) is 4.00. The zero-order chi connectivity index (χ0) is 13.6. The quantitative estimate of drug-likeness (QED) is 0.709. The Hall–Kier alpha value is -1.52. The first-order chi connectivity index (χ1) is 8.19. The van der Waals surface area contributed by atoms with Gasteiger partial charge in [0.05, 0.1) is 17.7 Å². The van der Waals surface area contributed by atoms with Gasteiger partial charge in [0.25, 0.3) is 0 Å². The molecule has 1 aromatic carbocycles. The zero-order valence-electron chi connectivity index (χ0n) is 10.1. The number of rotatable bonds is 0. The van der Waals surface area contributed by atoms with Crippen LogP contribution in [0.2, 0.25) is 0 Å². The summed E-state index contributed by atoms with van der Waals surface area (Å²) in [7, 11) is 0. The van der Waals surface area contributed by atoms with E-state index in [1.54, 1.807) is 0 Å². The van der Waals surface area contributed by atoms with Crippen molar-refractivity contribution in [3.05, 3.63) is 29.3 Å². The minimum atomic E-state index is -4.45. The molecule has 0 N–H and O–H groups in total. The molecular weight excluding hydrogens is 245 g/mol. The molecule has 0 atom stereocenters. The van der Waals surface area contributed by atoms with Crippen LogP contribution in [0.4, 0.5) is 13.2 Å². The van der Waals surface area contributed by atoms with Crippen LogP contribution in [0.3, 0.4) is 0 Å². The van der Waals surface area contributed by atoms with Crippen molar-refractivity contribution in [1.29, 1.82) is 0 Å². The summed E-state index contributed by atoms with van der Waals surface area (Å²) in [5.41, 5.74) is -1.16. The van der Waals surface area contributed by atoms with Gasteiger partial charge in [0.1, 0.15) is 5.75 Å². The van der Waals surface area contributed by atoms with Crippen LogP contribution in [-0.4, -0.2) is 12.4 Å². The molecule has 0 amide bonds. The largest absolute Gasteiger partial charge is 0.492 e. The van der Waals surface area contributed by atoms with E-state index in [0.29, 0.717) is 6.61 Å². The fraction of sp³-hybridized carbons (Fsp3) is 0.462. The number of hydrogen-bond donors (Lipinski definition) is 0. The fourth-order valence-electron chi connectivity index (χ4n) is 1.90. The van der Waals surface area contributed by atoms with Gasteiger partial charge < -0.3 is 4.74 Å². The Balaban J connectivity index is 2.45. The fourth-order valence-corrected chi connectivity index (χ4v) is 1.90. The second-order valence-corrected chi connectivity index (χ2v) is 5.26. The lowest BCUT2D eigenvalue weighted by Crippen LogP contribution is -2.21. The van der Waals surface area contributed by atoms with Crippen LogP contribution in [0.15, 0.2) is 18.2 Å². The van der Waals surface area contributed by atoms with Gasteiger partial charge in [-0.05, 0) is 18.2 Å². The Morgan fingerprint density at radius 3 is 2.56 bits per heavy atom. The highest BCUT2D eigenvalue weighted by molar-refractivity contribution is 5.99. The van der Waals surface area contributed by atoms with Crippen LogP contribution in [0.5, 0.6) is 5.75 Å². The summed E-state index contributed by atoms with van der Waals surface area (Å²) in [6.07, 6.45) is -4.27. The molecule has 0 bridgehead atoms. The van der Waals surface area contributed by atoms with E-state index in [9.17, 15) is 18.0 Å². The third kappa shape index (κ3) is 2.49.